The zero-order valence-corrected chi connectivity index (χ0v) is 11.6. The molecule has 2 aliphatic rings. The van der Waals surface area contributed by atoms with E-state index in [9.17, 15) is 4.79 Å². The Morgan fingerprint density at radius 3 is 2.79 bits per heavy atom. The van der Waals surface area contributed by atoms with Gasteiger partial charge in [0, 0.05) is 25.4 Å². The number of hydrogen-bond acceptors (Lipinski definition) is 3. The molecule has 0 radical (unpaired) electrons. The molecule has 0 bridgehead atoms. The first kappa shape index (κ1) is 12.6. The van der Waals surface area contributed by atoms with Crippen molar-refractivity contribution in [1.82, 2.24) is 19.7 Å². The maximum atomic E-state index is 11.9. The highest BCUT2D eigenvalue weighted by Crippen LogP contribution is 2.33. The second-order valence-corrected chi connectivity index (χ2v) is 5.67. The number of rotatable bonds is 3. The molecule has 0 saturated heterocycles. The average molecular weight is 262 g/mol. The molecule has 0 unspecified atom stereocenters. The number of fused-ring (bicyclic) bond motifs is 1. The molecule has 1 saturated carbocycles. The van der Waals surface area contributed by atoms with Crippen LogP contribution in [0.15, 0.2) is 0 Å². The summed E-state index contributed by atoms with van der Waals surface area (Å²) >= 11 is 0. The fourth-order valence-electron chi connectivity index (χ4n) is 3.25. The van der Waals surface area contributed by atoms with Crippen LogP contribution in [-0.2, 0) is 17.9 Å². The Labute approximate surface area is 114 Å². The zero-order valence-electron chi connectivity index (χ0n) is 11.6. The molecule has 2 heterocycles. The van der Waals surface area contributed by atoms with Gasteiger partial charge in [-0.15, -0.1) is 10.2 Å². The quantitative estimate of drug-likeness (QED) is 0.838. The molecule has 3 rings (SSSR count). The normalized spacial score (nSPS) is 19.7. The number of nitrogens with zero attached hydrogens (tertiary/aromatic N) is 4. The number of aromatic nitrogens is 3. The van der Waals surface area contributed by atoms with E-state index in [1.165, 1.54) is 25.7 Å². The molecular weight excluding hydrogens is 240 g/mol. The molecule has 1 amide bonds. The van der Waals surface area contributed by atoms with Crippen LogP contribution in [0.4, 0.5) is 0 Å². The second kappa shape index (κ2) is 5.31. The third-order valence-corrected chi connectivity index (χ3v) is 4.32. The highest BCUT2D eigenvalue weighted by Gasteiger charge is 2.28. The van der Waals surface area contributed by atoms with Gasteiger partial charge in [0.2, 0.25) is 5.91 Å². The molecule has 0 spiro atoms. The highest BCUT2D eigenvalue weighted by atomic mass is 16.2. The number of hydrogen-bond donors (Lipinski definition) is 0. The minimum absolute atomic E-state index is 0.249. The molecule has 1 aliphatic carbocycles. The van der Waals surface area contributed by atoms with Crippen LogP contribution in [0.25, 0.3) is 0 Å². The Balaban J connectivity index is 1.74. The van der Waals surface area contributed by atoms with E-state index in [-0.39, 0.29) is 5.91 Å². The van der Waals surface area contributed by atoms with E-state index in [1.54, 1.807) is 0 Å². The topological polar surface area (TPSA) is 51.0 Å². The first-order chi connectivity index (χ1) is 9.29. The lowest BCUT2D eigenvalue weighted by Gasteiger charge is -2.28. The summed E-state index contributed by atoms with van der Waals surface area (Å²) in [6.45, 7) is 4.36. The predicted octanol–water partition coefficient (Wildman–Crippen LogP) is 2.08. The first-order valence-electron chi connectivity index (χ1n) is 7.49. The van der Waals surface area contributed by atoms with Gasteiger partial charge in [-0.3, -0.25) is 4.79 Å². The molecule has 0 atom stereocenters. The van der Waals surface area contributed by atoms with E-state index in [0.717, 1.165) is 31.2 Å². The van der Waals surface area contributed by atoms with Crippen molar-refractivity contribution in [2.24, 2.45) is 0 Å². The summed E-state index contributed by atoms with van der Waals surface area (Å²) in [6, 6.07) is 0. The van der Waals surface area contributed by atoms with E-state index in [4.69, 9.17) is 0 Å². The summed E-state index contributed by atoms with van der Waals surface area (Å²) in [5, 5.41) is 8.71. The Bertz CT molecular complexity index is 462. The molecule has 5 heteroatoms. The Morgan fingerprint density at radius 1 is 1.26 bits per heavy atom. The van der Waals surface area contributed by atoms with Gasteiger partial charge in [0.15, 0.2) is 5.82 Å². The summed E-state index contributed by atoms with van der Waals surface area (Å²) in [5.41, 5.74) is 0. The highest BCUT2D eigenvalue weighted by molar-refractivity contribution is 5.76. The van der Waals surface area contributed by atoms with Gasteiger partial charge in [0.05, 0.1) is 6.54 Å². The maximum Gasteiger partial charge on any atom is 0.223 e. The molecule has 1 aliphatic heterocycles. The molecule has 5 nitrogen and oxygen atoms in total. The van der Waals surface area contributed by atoms with E-state index in [2.05, 4.69) is 14.8 Å². The van der Waals surface area contributed by atoms with Crippen LogP contribution < -0.4 is 0 Å². The summed E-state index contributed by atoms with van der Waals surface area (Å²) in [7, 11) is 0. The van der Waals surface area contributed by atoms with Crippen molar-refractivity contribution in [2.75, 3.05) is 6.54 Å². The Kier molecular flexibility index (Phi) is 3.53. The summed E-state index contributed by atoms with van der Waals surface area (Å²) in [4.78, 5) is 13.9. The predicted molar refractivity (Wildman–Crippen MR) is 71.6 cm³/mol. The van der Waals surface area contributed by atoms with Gasteiger partial charge in [0.1, 0.15) is 5.82 Å². The summed E-state index contributed by atoms with van der Waals surface area (Å²) in [5.74, 6) is 2.98. The molecule has 0 aromatic carbocycles. The minimum atomic E-state index is 0.249. The summed E-state index contributed by atoms with van der Waals surface area (Å²) < 4.78 is 2.26. The van der Waals surface area contributed by atoms with Crippen molar-refractivity contribution in [3.63, 3.8) is 0 Å². The lowest BCUT2D eigenvalue weighted by atomic mass is 10.1. The van der Waals surface area contributed by atoms with Gasteiger partial charge >= 0.3 is 0 Å². The van der Waals surface area contributed by atoms with Crippen LogP contribution >= 0.6 is 0 Å². The molecule has 104 valence electrons. The number of carbonyl (C=O) groups is 1. The largest absolute Gasteiger partial charge is 0.333 e. The number of carbonyl (C=O) groups excluding carboxylic acids is 1. The average Bonchev–Trinajstić information content (AvgIpc) is 3.06. The molecule has 19 heavy (non-hydrogen) atoms. The van der Waals surface area contributed by atoms with Crippen LogP contribution in [-0.4, -0.2) is 32.1 Å². The van der Waals surface area contributed by atoms with Crippen LogP contribution in [0.1, 0.15) is 63.0 Å². The maximum absolute atomic E-state index is 11.9. The molecule has 1 aromatic rings. The fraction of sp³-hybridized carbons (Fsp3) is 0.786. The van der Waals surface area contributed by atoms with Crippen molar-refractivity contribution in [3.8, 4) is 0 Å². The van der Waals surface area contributed by atoms with Gasteiger partial charge in [-0.1, -0.05) is 19.8 Å². The lowest BCUT2D eigenvalue weighted by molar-refractivity contribution is -0.132. The van der Waals surface area contributed by atoms with Gasteiger partial charge < -0.3 is 9.47 Å². The summed E-state index contributed by atoms with van der Waals surface area (Å²) in [6.07, 6.45) is 6.67. The fourth-order valence-corrected chi connectivity index (χ4v) is 3.25. The zero-order chi connectivity index (χ0) is 13.2. The van der Waals surface area contributed by atoms with Crippen LogP contribution in [0.5, 0.6) is 0 Å². The molecule has 1 aromatic heterocycles. The van der Waals surface area contributed by atoms with Crippen LogP contribution in [0.2, 0.25) is 0 Å². The Hall–Kier alpha value is -1.39. The smallest absolute Gasteiger partial charge is 0.223 e. The SMILES string of the molecule is CCCC(=O)N1CCn2c(nnc2C2CCCC2)C1. The first-order valence-corrected chi connectivity index (χ1v) is 7.49. The van der Waals surface area contributed by atoms with Crippen LogP contribution in [0.3, 0.4) is 0 Å². The van der Waals surface area contributed by atoms with E-state index >= 15 is 0 Å². The van der Waals surface area contributed by atoms with E-state index in [1.807, 2.05) is 11.8 Å². The minimum Gasteiger partial charge on any atom is -0.333 e. The van der Waals surface area contributed by atoms with Gasteiger partial charge in [-0.25, -0.2) is 0 Å². The van der Waals surface area contributed by atoms with Gasteiger partial charge in [-0.2, -0.15) is 0 Å². The van der Waals surface area contributed by atoms with Crippen molar-refractivity contribution < 1.29 is 4.79 Å². The van der Waals surface area contributed by atoms with Crippen molar-refractivity contribution in [1.29, 1.82) is 0 Å². The molecule has 1 fully saturated rings. The molecular formula is C14H22N4O. The standard InChI is InChI=1S/C14H22N4O/c1-2-5-13(19)17-8-9-18-12(10-17)15-16-14(18)11-6-3-4-7-11/h11H,2-10H2,1H3. The van der Waals surface area contributed by atoms with Crippen molar-refractivity contribution in [2.45, 2.75) is 64.5 Å². The Morgan fingerprint density at radius 2 is 2.05 bits per heavy atom. The third-order valence-electron chi connectivity index (χ3n) is 4.32. The van der Waals surface area contributed by atoms with E-state index < -0.39 is 0 Å². The molecule has 0 N–H and O–H groups in total. The monoisotopic (exact) mass is 262 g/mol. The second-order valence-electron chi connectivity index (χ2n) is 5.67. The number of amides is 1. The lowest BCUT2D eigenvalue weighted by Crippen LogP contribution is -2.38. The van der Waals surface area contributed by atoms with Crippen molar-refractivity contribution in [3.05, 3.63) is 11.6 Å². The van der Waals surface area contributed by atoms with E-state index in [0.29, 0.717) is 18.9 Å². The third kappa shape index (κ3) is 2.38. The van der Waals surface area contributed by atoms with Gasteiger partial charge in [0.25, 0.3) is 0 Å². The van der Waals surface area contributed by atoms with Gasteiger partial charge in [-0.05, 0) is 19.3 Å². The van der Waals surface area contributed by atoms with Crippen molar-refractivity contribution >= 4 is 5.91 Å². The van der Waals surface area contributed by atoms with Crippen LogP contribution in [0, 0.1) is 0 Å².